The number of hydrogen-bond acceptors (Lipinski definition) is 3. The molecule has 0 aromatic heterocycles. The SMILES string of the molecule is C=C1/C(=C(Cl)\C=C(/C)Cl)CN(C)C[C@H]1c1cccc([Si](O)O)c1. The molecule has 123 valence electrons. The predicted octanol–water partition coefficient (Wildman–Crippen LogP) is 2.59. The molecule has 0 amide bonds. The summed E-state index contributed by atoms with van der Waals surface area (Å²) in [6.45, 7) is 7.53. The zero-order chi connectivity index (χ0) is 17.1. The lowest BCUT2D eigenvalue weighted by molar-refractivity contribution is 0.326. The van der Waals surface area contributed by atoms with Gasteiger partial charge in [-0.15, -0.1) is 0 Å². The molecule has 0 aliphatic carbocycles. The van der Waals surface area contributed by atoms with Crippen LogP contribution in [0.25, 0.3) is 0 Å². The molecule has 0 unspecified atom stereocenters. The Morgan fingerprint density at radius 1 is 1.39 bits per heavy atom. The summed E-state index contributed by atoms with van der Waals surface area (Å²) in [5, 5.41) is 1.79. The Kier molecular flexibility index (Phi) is 6.25. The fourth-order valence-electron chi connectivity index (χ4n) is 2.76. The van der Waals surface area contributed by atoms with E-state index in [2.05, 4.69) is 11.5 Å². The number of benzene rings is 1. The van der Waals surface area contributed by atoms with Crippen LogP contribution in [-0.2, 0) is 0 Å². The van der Waals surface area contributed by atoms with Gasteiger partial charge in [0.15, 0.2) is 0 Å². The van der Waals surface area contributed by atoms with Crippen LogP contribution in [0, 0.1) is 0 Å². The second-order valence-electron chi connectivity index (χ2n) is 5.78. The largest absolute Gasteiger partial charge is 0.417 e. The molecule has 1 atom stereocenters. The fraction of sp³-hybridized carbons (Fsp3) is 0.294. The first-order chi connectivity index (χ1) is 10.8. The van der Waals surface area contributed by atoms with Gasteiger partial charge in [0.2, 0.25) is 0 Å². The molecule has 1 fully saturated rings. The maximum atomic E-state index is 9.48. The first-order valence-corrected chi connectivity index (χ1v) is 9.40. The molecule has 1 saturated heterocycles. The maximum Gasteiger partial charge on any atom is 0.417 e. The van der Waals surface area contributed by atoms with E-state index >= 15 is 0 Å². The van der Waals surface area contributed by atoms with Crippen molar-refractivity contribution in [2.24, 2.45) is 0 Å². The molecule has 2 rings (SSSR count). The summed E-state index contributed by atoms with van der Waals surface area (Å²) in [7, 11) is -0.430. The van der Waals surface area contributed by atoms with Gasteiger partial charge in [-0.25, -0.2) is 0 Å². The average molecular weight is 369 g/mol. The molecule has 1 heterocycles. The Morgan fingerprint density at radius 2 is 2.09 bits per heavy atom. The van der Waals surface area contributed by atoms with Crippen LogP contribution in [0.2, 0.25) is 0 Å². The summed E-state index contributed by atoms with van der Waals surface area (Å²) >= 11 is 12.3. The number of piperidine rings is 1. The molecule has 1 aromatic rings. The Labute approximate surface area is 149 Å². The van der Waals surface area contributed by atoms with Crippen LogP contribution in [0.3, 0.4) is 0 Å². The normalized spacial score (nSPS) is 22.7. The highest BCUT2D eigenvalue weighted by atomic mass is 35.5. The Bertz CT molecular complexity index is 666. The van der Waals surface area contributed by atoms with Crippen molar-refractivity contribution in [1.82, 2.24) is 4.90 Å². The number of likely N-dealkylation sites (tertiary alicyclic amines) is 1. The number of hydrogen-bond donors (Lipinski definition) is 2. The molecule has 23 heavy (non-hydrogen) atoms. The molecule has 0 saturated carbocycles. The van der Waals surface area contributed by atoms with Crippen molar-refractivity contribution < 1.29 is 9.59 Å². The highest BCUT2D eigenvalue weighted by molar-refractivity contribution is 6.58. The number of rotatable bonds is 3. The fourth-order valence-corrected chi connectivity index (χ4v) is 3.81. The Balaban J connectivity index is 2.41. The lowest BCUT2D eigenvalue weighted by Gasteiger charge is -2.34. The molecule has 0 spiro atoms. The van der Waals surface area contributed by atoms with E-state index in [9.17, 15) is 9.59 Å². The lowest BCUT2D eigenvalue weighted by Crippen LogP contribution is -2.35. The van der Waals surface area contributed by atoms with E-state index < -0.39 is 9.28 Å². The highest BCUT2D eigenvalue weighted by Gasteiger charge is 2.28. The standard InChI is InChI=1S/C17H20Cl2NO2Si/c1-11(18)7-17(19)16-10-20(3)9-15(12(16)2)13-5-4-6-14(8-13)23(21)22/h4-8,15,21-22H,2,9-10H2,1,3H3/b11-7+,17-16+/t15-/m1/s1. The number of likely N-dealkylation sites (N-methyl/N-ethyl adjacent to an activating group) is 1. The van der Waals surface area contributed by atoms with Gasteiger partial charge in [0.25, 0.3) is 0 Å². The predicted molar refractivity (Wildman–Crippen MR) is 98.1 cm³/mol. The van der Waals surface area contributed by atoms with Gasteiger partial charge in [-0.1, -0.05) is 54.0 Å². The summed E-state index contributed by atoms with van der Waals surface area (Å²) in [6.07, 6.45) is 1.73. The quantitative estimate of drug-likeness (QED) is 0.805. The van der Waals surface area contributed by atoms with Crippen LogP contribution in [0.5, 0.6) is 0 Å². The Morgan fingerprint density at radius 3 is 2.70 bits per heavy atom. The van der Waals surface area contributed by atoms with Crippen LogP contribution >= 0.6 is 23.2 Å². The van der Waals surface area contributed by atoms with Crippen molar-refractivity contribution in [2.45, 2.75) is 12.8 Å². The van der Waals surface area contributed by atoms with Crippen molar-refractivity contribution in [3.05, 3.63) is 63.7 Å². The van der Waals surface area contributed by atoms with Crippen LogP contribution in [0.4, 0.5) is 0 Å². The molecular formula is C17H20Cl2NO2Si. The molecule has 0 bridgehead atoms. The van der Waals surface area contributed by atoms with Gasteiger partial charge in [-0.3, -0.25) is 0 Å². The van der Waals surface area contributed by atoms with Gasteiger partial charge >= 0.3 is 9.28 Å². The van der Waals surface area contributed by atoms with E-state index in [1.54, 1.807) is 19.1 Å². The molecule has 2 N–H and O–H groups in total. The number of nitrogens with zero attached hydrogens (tertiary/aromatic N) is 1. The molecule has 1 aromatic carbocycles. The monoisotopic (exact) mass is 368 g/mol. The zero-order valence-corrected chi connectivity index (χ0v) is 15.7. The highest BCUT2D eigenvalue weighted by Crippen LogP contribution is 2.36. The average Bonchev–Trinajstić information content (AvgIpc) is 2.48. The smallest absolute Gasteiger partial charge is 0.406 e. The van der Waals surface area contributed by atoms with E-state index in [-0.39, 0.29) is 5.92 Å². The van der Waals surface area contributed by atoms with E-state index in [0.717, 1.165) is 23.3 Å². The molecule has 1 radical (unpaired) electrons. The van der Waals surface area contributed by atoms with Crippen LogP contribution < -0.4 is 5.19 Å². The third-order valence-electron chi connectivity index (χ3n) is 3.89. The van der Waals surface area contributed by atoms with Crippen LogP contribution in [0.1, 0.15) is 18.4 Å². The molecule has 6 heteroatoms. The minimum absolute atomic E-state index is 0.0582. The molecule has 3 nitrogen and oxygen atoms in total. The summed E-state index contributed by atoms with van der Waals surface area (Å²) < 4.78 is 0. The van der Waals surface area contributed by atoms with Gasteiger partial charge in [0.05, 0.1) is 0 Å². The van der Waals surface area contributed by atoms with E-state index in [1.807, 2.05) is 25.2 Å². The van der Waals surface area contributed by atoms with Gasteiger partial charge in [0.1, 0.15) is 0 Å². The van der Waals surface area contributed by atoms with E-state index in [0.29, 0.717) is 21.8 Å². The summed E-state index contributed by atoms with van der Waals surface area (Å²) in [5.41, 5.74) is 2.93. The third-order valence-corrected chi connectivity index (χ3v) is 5.17. The first-order valence-electron chi connectivity index (χ1n) is 7.25. The first kappa shape index (κ1) is 18.5. The van der Waals surface area contributed by atoms with Crippen molar-refractivity contribution >= 4 is 37.7 Å². The zero-order valence-electron chi connectivity index (χ0n) is 13.2. The molecule has 1 aliphatic rings. The van der Waals surface area contributed by atoms with Gasteiger partial charge in [-0.05, 0) is 41.9 Å². The van der Waals surface area contributed by atoms with Gasteiger partial charge in [0, 0.05) is 29.1 Å². The van der Waals surface area contributed by atoms with Crippen molar-refractivity contribution in [1.29, 1.82) is 0 Å². The van der Waals surface area contributed by atoms with Crippen molar-refractivity contribution in [3.63, 3.8) is 0 Å². The number of allylic oxidation sites excluding steroid dienone is 3. The van der Waals surface area contributed by atoms with E-state index in [1.165, 1.54) is 0 Å². The summed E-state index contributed by atoms with van der Waals surface area (Å²) in [6, 6.07) is 7.41. The number of halogens is 2. The maximum absolute atomic E-state index is 9.48. The minimum Gasteiger partial charge on any atom is -0.406 e. The van der Waals surface area contributed by atoms with Gasteiger partial charge in [-0.2, -0.15) is 0 Å². The molecule has 1 aliphatic heterocycles. The second-order valence-corrected chi connectivity index (χ2v) is 8.01. The van der Waals surface area contributed by atoms with Gasteiger partial charge < -0.3 is 14.5 Å². The summed E-state index contributed by atoms with van der Waals surface area (Å²) in [5.74, 6) is 0.0582. The van der Waals surface area contributed by atoms with Crippen LogP contribution in [-0.4, -0.2) is 43.9 Å². The van der Waals surface area contributed by atoms with Crippen molar-refractivity contribution in [2.75, 3.05) is 20.1 Å². The Hall–Kier alpha value is -0.883. The van der Waals surface area contributed by atoms with E-state index in [4.69, 9.17) is 23.2 Å². The van der Waals surface area contributed by atoms with Crippen LogP contribution in [0.15, 0.2) is 58.1 Å². The van der Waals surface area contributed by atoms with Crippen molar-refractivity contribution in [3.8, 4) is 0 Å². The molecular weight excluding hydrogens is 349 g/mol. The summed E-state index contributed by atoms with van der Waals surface area (Å²) in [4.78, 5) is 21.1. The topological polar surface area (TPSA) is 43.7 Å². The minimum atomic E-state index is -2.46. The second kappa shape index (κ2) is 7.79. The lowest BCUT2D eigenvalue weighted by atomic mass is 9.83. The third kappa shape index (κ3) is 4.56.